The van der Waals surface area contributed by atoms with Crippen LogP contribution in [0, 0.1) is 12.3 Å². The molecule has 7 nitrogen and oxygen atoms in total. The lowest BCUT2D eigenvalue weighted by Gasteiger charge is -2.08. The van der Waals surface area contributed by atoms with Crippen molar-refractivity contribution in [3.8, 4) is 23.7 Å². The summed E-state index contributed by atoms with van der Waals surface area (Å²) in [7, 11) is 0. The van der Waals surface area contributed by atoms with E-state index in [1.54, 1.807) is 18.3 Å². The second-order valence-corrected chi connectivity index (χ2v) is 7.30. The van der Waals surface area contributed by atoms with Crippen LogP contribution in [0.1, 0.15) is 35.6 Å². The van der Waals surface area contributed by atoms with E-state index < -0.39 is 11.1 Å². The third-order valence-corrected chi connectivity index (χ3v) is 4.89. The summed E-state index contributed by atoms with van der Waals surface area (Å²) < 4.78 is 19.9. The Balaban J connectivity index is 1.59. The van der Waals surface area contributed by atoms with E-state index in [-0.39, 0.29) is 5.75 Å². The molecule has 1 saturated carbocycles. The SMILES string of the molecule is C#Cc1cnc(-c2ccc(CS(=O)O)cc2)nc1Nc1cc(C2CC2)[nH]n1. The highest BCUT2D eigenvalue weighted by Gasteiger charge is 2.25. The Kier molecular flexibility index (Phi) is 4.71. The summed E-state index contributed by atoms with van der Waals surface area (Å²) in [5, 5.41) is 10.5. The summed E-state index contributed by atoms with van der Waals surface area (Å²) in [6, 6.07) is 9.17. The van der Waals surface area contributed by atoms with Gasteiger partial charge in [0.25, 0.3) is 0 Å². The lowest BCUT2D eigenvalue weighted by Crippen LogP contribution is -2.01. The van der Waals surface area contributed by atoms with Gasteiger partial charge in [0.15, 0.2) is 28.5 Å². The Morgan fingerprint density at radius 1 is 1.33 bits per heavy atom. The van der Waals surface area contributed by atoms with Crippen molar-refractivity contribution in [2.75, 3.05) is 5.32 Å². The van der Waals surface area contributed by atoms with Gasteiger partial charge in [0.05, 0.1) is 11.3 Å². The molecule has 0 spiro atoms. The molecule has 1 aromatic carbocycles. The Bertz CT molecular complexity index is 1030. The van der Waals surface area contributed by atoms with E-state index in [1.165, 1.54) is 12.8 Å². The van der Waals surface area contributed by atoms with Crippen LogP contribution in [0.3, 0.4) is 0 Å². The number of hydrogen-bond donors (Lipinski definition) is 3. The van der Waals surface area contributed by atoms with Crippen LogP contribution in [0.15, 0.2) is 36.5 Å². The lowest BCUT2D eigenvalue weighted by molar-refractivity contribution is 0.563. The first kappa shape index (κ1) is 17.4. The average Bonchev–Trinajstić information content (AvgIpc) is 3.41. The largest absolute Gasteiger partial charge is 0.322 e. The highest BCUT2D eigenvalue weighted by Crippen LogP contribution is 2.39. The third kappa shape index (κ3) is 4.05. The fourth-order valence-corrected chi connectivity index (χ4v) is 3.22. The Labute approximate surface area is 158 Å². The van der Waals surface area contributed by atoms with Gasteiger partial charge in [-0.25, -0.2) is 14.2 Å². The number of aromatic amines is 1. The number of rotatable bonds is 6. The maximum atomic E-state index is 10.9. The van der Waals surface area contributed by atoms with Gasteiger partial charge in [-0.15, -0.1) is 6.42 Å². The van der Waals surface area contributed by atoms with Gasteiger partial charge in [-0.05, 0) is 18.4 Å². The molecule has 1 aliphatic carbocycles. The molecular formula is C19H17N5O2S. The molecule has 2 heterocycles. The molecule has 3 aromatic rings. The smallest absolute Gasteiger partial charge is 0.161 e. The summed E-state index contributed by atoms with van der Waals surface area (Å²) >= 11 is -1.87. The molecule has 1 atom stereocenters. The first-order chi connectivity index (χ1) is 13.1. The van der Waals surface area contributed by atoms with Crippen LogP contribution in [0.4, 0.5) is 11.6 Å². The molecule has 2 aromatic heterocycles. The van der Waals surface area contributed by atoms with Gasteiger partial charge in [-0.1, -0.05) is 30.2 Å². The molecule has 3 N–H and O–H groups in total. The zero-order valence-electron chi connectivity index (χ0n) is 14.3. The number of aromatic nitrogens is 4. The lowest BCUT2D eigenvalue weighted by atomic mass is 10.1. The van der Waals surface area contributed by atoms with Gasteiger partial charge >= 0.3 is 0 Å². The number of terminal acetylenes is 1. The summed E-state index contributed by atoms with van der Waals surface area (Å²) in [4.78, 5) is 8.87. The molecule has 0 amide bonds. The molecule has 1 fully saturated rings. The first-order valence-electron chi connectivity index (χ1n) is 8.45. The first-order valence-corrected chi connectivity index (χ1v) is 9.72. The van der Waals surface area contributed by atoms with Crippen LogP contribution in [0.5, 0.6) is 0 Å². The number of benzene rings is 1. The number of nitrogens with one attached hydrogen (secondary N) is 2. The number of hydrogen-bond acceptors (Lipinski definition) is 5. The zero-order valence-corrected chi connectivity index (χ0v) is 15.2. The monoisotopic (exact) mass is 379 g/mol. The molecule has 0 aliphatic heterocycles. The van der Waals surface area contributed by atoms with Gasteiger partial charge in [0.1, 0.15) is 0 Å². The minimum atomic E-state index is -1.87. The molecule has 27 heavy (non-hydrogen) atoms. The van der Waals surface area contributed by atoms with Gasteiger partial charge < -0.3 is 9.87 Å². The van der Waals surface area contributed by atoms with Crippen molar-refractivity contribution < 1.29 is 8.76 Å². The van der Waals surface area contributed by atoms with Gasteiger partial charge in [0.2, 0.25) is 0 Å². The van der Waals surface area contributed by atoms with E-state index >= 15 is 0 Å². The number of H-pyrrole nitrogens is 1. The van der Waals surface area contributed by atoms with E-state index in [1.807, 2.05) is 18.2 Å². The minimum absolute atomic E-state index is 0.0897. The Morgan fingerprint density at radius 3 is 2.78 bits per heavy atom. The summed E-state index contributed by atoms with van der Waals surface area (Å²) in [6.45, 7) is 0. The van der Waals surface area contributed by atoms with Crippen LogP contribution >= 0.6 is 0 Å². The van der Waals surface area contributed by atoms with Crippen molar-refractivity contribution >= 4 is 22.7 Å². The summed E-state index contributed by atoms with van der Waals surface area (Å²) in [6.07, 6.45) is 9.54. The zero-order chi connectivity index (χ0) is 18.8. The molecule has 8 heteroatoms. The highest BCUT2D eigenvalue weighted by atomic mass is 32.2. The van der Waals surface area contributed by atoms with Crippen molar-refractivity contribution in [2.24, 2.45) is 0 Å². The maximum absolute atomic E-state index is 10.9. The fraction of sp³-hybridized carbons (Fsp3) is 0.211. The molecular weight excluding hydrogens is 362 g/mol. The topological polar surface area (TPSA) is 104 Å². The Hall–Kier alpha value is -3.02. The fourth-order valence-electron chi connectivity index (χ4n) is 2.74. The third-order valence-electron chi connectivity index (χ3n) is 4.31. The second kappa shape index (κ2) is 7.31. The molecule has 4 rings (SSSR count). The van der Waals surface area contributed by atoms with E-state index in [9.17, 15) is 4.21 Å². The normalized spacial score (nSPS) is 14.5. The van der Waals surface area contributed by atoms with Crippen LogP contribution in [-0.2, 0) is 16.8 Å². The van der Waals surface area contributed by atoms with Crippen molar-refractivity contribution in [3.63, 3.8) is 0 Å². The Morgan fingerprint density at radius 2 is 2.11 bits per heavy atom. The van der Waals surface area contributed by atoms with Gasteiger partial charge in [0, 0.05) is 29.4 Å². The summed E-state index contributed by atoms with van der Waals surface area (Å²) in [5.41, 5.74) is 3.21. The molecule has 1 aliphatic rings. The molecule has 136 valence electrons. The molecule has 0 saturated heterocycles. The maximum Gasteiger partial charge on any atom is 0.161 e. The van der Waals surface area contributed by atoms with Crippen molar-refractivity contribution in [1.29, 1.82) is 0 Å². The number of anilines is 2. The molecule has 0 bridgehead atoms. The quantitative estimate of drug-likeness (QED) is 0.449. The second-order valence-electron chi connectivity index (χ2n) is 6.37. The van der Waals surface area contributed by atoms with E-state index in [2.05, 4.69) is 31.4 Å². The molecule has 1 unspecified atom stereocenters. The van der Waals surface area contributed by atoms with Crippen LogP contribution in [0.2, 0.25) is 0 Å². The van der Waals surface area contributed by atoms with E-state index in [0.717, 1.165) is 16.8 Å². The summed E-state index contributed by atoms with van der Waals surface area (Å²) in [5.74, 6) is 4.93. The minimum Gasteiger partial charge on any atom is -0.322 e. The van der Waals surface area contributed by atoms with E-state index in [4.69, 9.17) is 11.0 Å². The van der Waals surface area contributed by atoms with Gasteiger partial charge in [-0.3, -0.25) is 5.10 Å². The highest BCUT2D eigenvalue weighted by molar-refractivity contribution is 7.78. The number of nitrogens with zero attached hydrogens (tertiary/aromatic N) is 3. The predicted molar refractivity (Wildman–Crippen MR) is 104 cm³/mol. The standard InChI is InChI=1S/C19H17N5O2S/c1-2-13-10-20-18(15-5-3-12(4-6-15)11-27(25)26)22-19(13)21-17-9-16(23-24-17)14-7-8-14/h1,3-6,9-10,14H,7-8,11H2,(H,25,26)(H2,20,21,22,23,24). The molecule has 0 radical (unpaired) electrons. The van der Waals surface area contributed by atoms with Crippen molar-refractivity contribution in [3.05, 3.63) is 53.3 Å². The van der Waals surface area contributed by atoms with Crippen molar-refractivity contribution in [1.82, 2.24) is 20.2 Å². The van der Waals surface area contributed by atoms with Gasteiger partial charge in [-0.2, -0.15) is 5.10 Å². The van der Waals surface area contributed by atoms with Crippen LogP contribution < -0.4 is 5.32 Å². The predicted octanol–water partition coefficient (Wildman–Crippen LogP) is 3.19. The van der Waals surface area contributed by atoms with Crippen molar-refractivity contribution in [2.45, 2.75) is 24.5 Å². The van der Waals surface area contributed by atoms with Crippen LogP contribution in [-0.4, -0.2) is 28.9 Å². The van der Waals surface area contributed by atoms with Crippen LogP contribution in [0.25, 0.3) is 11.4 Å². The van der Waals surface area contributed by atoms with E-state index in [0.29, 0.717) is 28.9 Å². The average molecular weight is 379 g/mol.